The minimum absolute atomic E-state index is 0. The van der Waals surface area contributed by atoms with Crippen molar-refractivity contribution in [2.24, 2.45) is 5.73 Å². The largest absolute Gasteiger partial charge is 0.334 e. The molecular weight excluding hydrogens is 402 g/mol. The van der Waals surface area contributed by atoms with Gasteiger partial charge in [-0.2, -0.15) is 0 Å². The van der Waals surface area contributed by atoms with Crippen molar-refractivity contribution in [3.63, 3.8) is 0 Å². The number of rotatable bonds is 6. The van der Waals surface area contributed by atoms with E-state index in [4.69, 9.17) is 5.73 Å². The first-order valence-electron chi connectivity index (χ1n) is 8.74. The molecule has 1 aliphatic heterocycles. The molecule has 2 amide bonds. The fourth-order valence-corrected chi connectivity index (χ4v) is 4.64. The van der Waals surface area contributed by atoms with Crippen LogP contribution in [-0.2, 0) is 4.79 Å². The Bertz CT molecular complexity index is 738. The van der Waals surface area contributed by atoms with Gasteiger partial charge in [-0.3, -0.25) is 9.59 Å². The van der Waals surface area contributed by atoms with Crippen molar-refractivity contribution in [1.82, 2.24) is 4.90 Å². The van der Waals surface area contributed by atoms with E-state index in [0.717, 1.165) is 30.0 Å². The summed E-state index contributed by atoms with van der Waals surface area (Å²) in [6.45, 7) is 1.26. The Labute approximate surface area is 174 Å². The highest BCUT2D eigenvalue weighted by Crippen LogP contribution is 2.24. The quantitative estimate of drug-likeness (QED) is 0.689. The van der Waals surface area contributed by atoms with Crippen molar-refractivity contribution < 1.29 is 9.59 Å². The molecule has 1 unspecified atom stereocenters. The number of amides is 2. The molecule has 1 aliphatic rings. The van der Waals surface area contributed by atoms with E-state index in [2.05, 4.69) is 5.32 Å². The molecule has 1 saturated heterocycles. The lowest BCUT2D eigenvalue weighted by Crippen LogP contribution is -2.47. The van der Waals surface area contributed by atoms with Crippen LogP contribution in [0.15, 0.2) is 46.0 Å². The van der Waals surface area contributed by atoms with Gasteiger partial charge in [-0.05, 0) is 55.0 Å². The molecule has 3 rings (SSSR count). The predicted octanol–water partition coefficient (Wildman–Crippen LogP) is 3.85. The zero-order valence-corrected chi connectivity index (χ0v) is 17.4. The average Bonchev–Trinajstić information content (AvgIpc) is 3.20. The number of benzene rings is 1. The van der Waals surface area contributed by atoms with Crippen LogP contribution in [0, 0.1) is 0 Å². The van der Waals surface area contributed by atoms with E-state index in [0.29, 0.717) is 23.5 Å². The van der Waals surface area contributed by atoms with Crippen LogP contribution in [0.1, 0.15) is 29.6 Å². The van der Waals surface area contributed by atoms with Crippen molar-refractivity contribution in [3.8, 4) is 0 Å². The molecule has 0 bridgehead atoms. The zero-order chi connectivity index (χ0) is 18.4. The number of halogens is 1. The Kier molecular flexibility index (Phi) is 8.63. The first-order chi connectivity index (χ1) is 12.7. The molecule has 2 heterocycles. The Morgan fingerprint density at radius 2 is 2.00 bits per heavy atom. The third-order valence-electron chi connectivity index (χ3n) is 4.42. The number of nitrogens with one attached hydrogen (secondary N) is 1. The molecule has 1 fully saturated rings. The molecule has 1 aromatic heterocycles. The summed E-state index contributed by atoms with van der Waals surface area (Å²) in [4.78, 5) is 26.6. The van der Waals surface area contributed by atoms with E-state index >= 15 is 0 Å². The third-order valence-corrected chi connectivity index (χ3v) is 6.55. The lowest BCUT2D eigenvalue weighted by Gasteiger charge is -2.35. The molecule has 0 spiro atoms. The molecule has 146 valence electrons. The summed E-state index contributed by atoms with van der Waals surface area (Å²) in [5, 5.41) is 4.86. The van der Waals surface area contributed by atoms with Gasteiger partial charge in [-0.25, -0.2) is 0 Å². The van der Waals surface area contributed by atoms with E-state index in [-0.39, 0.29) is 30.3 Å². The molecule has 0 aliphatic carbocycles. The fraction of sp³-hybridized carbons (Fsp3) is 0.368. The standard InChI is InChI=1S/C19H23N3O2S2.ClH/c20-12-16-4-1-2-10-22(16)19(24)14-6-8-15(9-7-14)21-17(23)13-26-18-5-3-11-25-18;/h3,5-9,11,16H,1-2,4,10,12-13,20H2,(H,21,23);1H. The number of carbonyl (C=O) groups excluding carboxylic acids is 2. The first kappa shape index (κ1) is 21.8. The molecule has 0 saturated carbocycles. The second-order valence-corrected chi connectivity index (χ2v) is 8.45. The maximum absolute atomic E-state index is 12.7. The van der Waals surface area contributed by atoms with Gasteiger partial charge in [-0.1, -0.05) is 6.07 Å². The zero-order valence-electron chi connectivity index (χ0n) is 14.9. The number of likely N-dealkylation sites (tertiary alicyclic amines) is 1. The number of piperidine rings is 1. The first-order valence-corrected chi connectivity index (χ1v) is 10.6. The minimum Gasteiger partial charge on any atom is -0.334 e. The number of nitrogens with two attached hydrogens (primary N) is 1. The summed E-state index contributed by atoms with van der Waals surface area (Å²) in [6.07, 6.45) is 3.12. The second kappa shape index (κ2) is 10.7. The Morgan fingerprint density at radius 1 is 1.22 bits per heavy atom. The van der Waals surface area contributed by atoms with Crippen molar-refractivity contribution in [1.29, 1.82) is 0 Å². The molecule has 1 atom stereocenters. The molecular formula is C19H24ClN3O2S2. The number of hydrogen-bond acceptors (Lipinski definition) is 5. The van der Waals surface area contributed by atoms with Crippen LogP contribution in [0.25, 0.3) is 0 Å². The van der Waals surface area contributed by atoms with Crippen LogP contribution in [0.2, 0.25) is 0 Å². The summed E-state index contributed by atoms with van der Waals surface area (Å²) in [6, 6.07) is 11.2. The highest BCUT2D eigenvalue weighted by atomic mass is 35.5. The molecule has 2 aromatic rings. The van der Waals surface area contributed by atoms with E-state index in [9.17, 15) is 9.59 Å². The average molecular weight is 426 g/mol. The van der Waals surface area contributed by atoms with E-state index in [1.54, 1.807) is 35.6 Å². The van der Waals surface area contributed by atoms with Gasteiger partial charge in [0.2, 0.25) is 5.91 Å². The number of thioether (sulfide) groups is 1. The lowest BCUT2D eigenvalue weighted by molar-refractivity contribution is -0.113. The van der Waals surface area contributed by atoms with Gasteiger partial charge >= 0.3 is 0 Å². The molecule has 8 heteroatoms. The number of thiophene rings is 1. The van der Waals surface area contributed by atoms with Crippen molar-refractivity contribution in [3.05, 3.63) is 47.3 Å². The maximum Gasteiger partial charge on any atom is 0.254 e. The van der Waals surface area contributed by atoms with Crippen molar-refractivity contribution in [2.75, 3.05) is 24.2 Å². The summed E-state index contributed by atoms with van der Waals surface area (Å²) >= 11 is 3.14. The highest BCUT2D eigenvalue weighted by molar-refractivity contribution is 8.01. The molecule has 5 nitrogen and oxygen atoms in total. The normalized spacial score (nSPS) is 16.5. The smallest absolute Gasteiger partial charge is 0.254 e. The van der Waals surface area contributed by atoms with Crippen molar-refractivity contribution >= 4 is 53.0 Å². The van der Waals surface area contributed by atoms with Gasteiger partial charge in [0.05, 0.1) is 9.96 Å². The Morgan fingerprint density at radius 3 is 2.67 bits per heavy atom. The number of carbonyl (C=O) groups is 2. The SMILES string of the molecule is Cl.NCC1CCCCN1C(=O)c1ccc(NC(=O)CSc2cccs2)cc1. The Balaban J connectivity index is 0.00000261. The molecule has 0 radical (unpaired) electrons. The molecule has 27 heavy (non-hydrogen) atoms. The minimum atomic E-state index is -0.0540. The van der Waals surface area contributed by atoms with Crippen LogP contribution in [0.5, 0.6) is 0 Å². The van der Waals surface area contributed by atoms with Crippen LogP contribution in [0.3, 0.4) is 0 Å². The fourth-order valence-electron chi connectivity index (χ4n) is 3.05. The van der Waals surface area contributed by atoms with Gasteiger partial charge in [-0.15, -0.1) is 35.5 Å². The summed E-state index contributed by atoms with van der Waals surface area (Å²) in [5.74, 6) is 0.334. The lowest BCUT2D eigenvalue weighted by atomic mass is 10.0. The van der Waals surface area contributed by atoms with Gasteiger partial charge in [0.1, 0.15) is 0 Å². The molecule has 3 N–H and O–H groups in total. The van der Waals surface area contributed by atoms with Crippen LogP contribution < -0.4 is 11.1 Å². The maximum atomic E-state index is 12.7. The van der Waals surface area contributed by atoms with Crippen LogP contribution in [0.4, 0.5) is 5.69 Å². The van der Waals surface area contributed by atoms with Gasteiger partial charge in [0, 0.05) is 30.4 Å². The van der Waals surface area contributed by atoms with Crippen molar-refractivity contribution in [2.45, 2.75) is 29.5 Å². The summed E-state index contributed by atoms with van der Waals surface area (Å²) < 4.78 is 1.12. The second-order valence-electron chi connectivity index (χ2n) is 6.23. The Hall–Kier alpha value is -1.54. The monoisotopic (exact) mass is 425 g/mol. The highest BCUT2D eigenvalue weighted by Gasteiger charge is 2.26. The third kappa shape index (κ3) is 5.97. The van der Waals surface area contributed by atoms with E-state index < -0.39 is 0 Å². The van der Waals surface area contributed by atoms with Crippen LogP contribution >= 0.6 is 35.5 Å². The van der Waals surface area contributed by atoms with Crippen LogP contribution in [-0.4, -0.2) is 41.6 Å². The van der Waals surface area contributed by atoms with Gasteiger partial charge in [0.15, 0.2) is 0 Å². The summed E-state index contributed by atoms with van der Waals surface area (Å²) in [5.41, 5.74) is 7.15. The van der Waals surface area contributed by atoms with Gasteiger partial charge < -0.3 is 16.0 Å². The predicted molar refractivity (Wildman–Crippen MR) is 115 cm³/mol. The number of hydrogen-bond donors (Lipinski definition) is 2. The summed E-state index contributed by atoms with van der Waals surface area (Å²) in [7, 11) is 0. The molecule has 1 aromatic carbocycles. The number of anilines is 1. The van der Waals surface area contributed by atoms with E-state index in [1.165, 1.54) is 11.8 Å². The van der Waals surface area contributed by atoms with E-state index in [1.807, 2.05) is 22.4 Å². The topological polar surface area (TPSA) is 75.4 Å². The van der Waals surface area contributed by atoms with Gasteiger partial charge in [0.25, 0.3) is 5.91 Å². The number of nitrogens with zero attached hydrogens (tertiary/aromatic N) is 1.